The largest absolute Gasteiger partial charge is 0.493 e. The zero-order chi connectivity index (χ0) is 17.7. The molecule has 1 aromatic carbocycles. The fraction of sp³-hybridized carbons (Fsp3) is 0.632. The maximum Gasteiger partial charge on any atom is 0.232 e. The first-order valence-electron chi connectivity index (χ1n) is 8.60. The predicted molar refractivity (Wildman–Crippen MR) is 95.8 cm³/mol. The van der Waals surface area contributed by atoms with E-state index in [0.717, 1.165) is 38.0 Å². The average molecular weight is 334 g/mol. The summed E-state index contributed by atoms with van der Waals surface area (Å²) in [5.41, 5.74) is 0.359. The summed E-state index contributed by atoms with van der Waals surface area (Å²) in [4.78, 5) is 15.1. The number of carbonyl (C=O) groups excluding carboxylic acids is 1. The Hall–Kier alpha value is -1.75. The highest BCUT2D eigenvalue weighted by Crippen LogP contribution is 2.34. The van der Waals surface area contributed by atoms with E-state index in [9.17, 15) is 4.79 Å². The van der Waals surface area contributed by atoms with Gasteiger partial charge in [0.05, 0.1) is 19.6 Å². The fourth-order valence-corrected chi connectivity index (χ4v) is 3.37. The zero-order valence-electron chi connectivity index (χ0n) is 15.5. The van der Waals surface area contributed by atoms with Crippen LogP contribution in [-0.2, 0) is 10.2 Å². The fourth-order valence-electron chi connectivity index (χ4n) is 3.37. The lowest BCUT2D eigenvalue weighted by Crippen LogP contribution is -2.47. The summed E-state index contributed by atoms with van der Waals surface area (Å²) in [5, 5.41) is 3.23. The summed E-state index contributed by atoms with van der Waals surface area (Å²) in [6, 6.07) is 5.72. The summed E-state index contributed by atoms with van der Waals surface area (Å²) in [6.45, 7) is 6.66. The molecule has 1 aromatic rings. The topological polar surface area (TPSA) is 50.8 Å². The summed E-state index contributed by atoms with van der Waals surface area (Å²) < 4.78 is 10.7. The maximum absolute atomic E-state index is 13.1. The number of likely N-dealkylation sites (tertiary alicyclic amines) is 1. The number of nitrogens with zero attached hydrogens (tertiary/aromatic N) is 1. The van der Waals surface area contributed by atoms with Gasteiger partial charge in [-0.25, -0.2) is 0 Å². The molecule has 1 heterocycles. The van der Waals surface area contributed by atoms with Crippen molar-refractivity contribution in [2.24, 2.45) is 5.92 Å². The minimum Gasteiger partial charge on any atom is -0.493 e. The standard InChI is InChI=1S/C19H30N2O3/c1-19(2,15-6-7-16(23-4)17(12-15)24-5)18(22)21-10-8-14(9-11-21)13-20-3/h6-7,12,14,20H,8-11,13H2,1-5H3. The second-order valence-corrected chi connectivity index (χ2v) is 6.99. The van der Waals surface area contributed by atoms with Gasteiger partial charge in [0.15, 0.2) is 11.5 Å². The van der Waals surface area contributed by atoms with Crippen LogP contribution in [0.15, 0.2) is 18.2 Å². The molecule has 0 radical (unpaired) electrons. The minimum absolute atomic E-state index is 0.178. The van der Waals surface area contributed by atoms with Crippen molar-refractivity contribution < 1.29 is 14.3 Å². The number of benzene rings is 1. The molecule has 5 nitrogen and oxygen atoms in total. The van der Waals surface area contributed by atoms with Gasteiger partial charge in [-0.05, 0) is 63.9 Å². The lowest BCUT2D eigenvalue weighted by atomic mass is 9.82. The molecular weight excluding hydrogens is 304 g/mol. The van der Waals surface area contributed by atoms with Gasteiger partial charge in [0.25, 0.3) is 0 Å². The molecule has 1 amide bonds. The minimum atomic E-state index is -0.588. The first-order chi connectivity index (χ1) is 11.4. The van der Waals surface area contributed by atoms with E-state index in [1.807, 2.05) is 44.0 Å². The molecule has 134 valence electrons. The lowest BCUT2D eigenvalue weighted by Gasteiger charge is -2.37. The van der Waals surface area contributed by atoms with Crippen LogP contribution in [0.5, 0.6) is 11.5 Å². The second kappa shape index (κ2) is 7.88. The van der Waals surface area contributed by atoms with Crippen molar-refractivity contribution >= 4 is 5.91 Å². The quantitative estimate of drug-likeness (QED) is 0.868. The molecule has 1 saturated heterocycles. The molecule has 24 heavy (non-hydrogen) atoms. The Morgan fingerprint density at radius 1 is 1.21 bits per heavy atom. The number of carbonyl (C=O) groups is 1. The molecule has 1 fully saturated rings. The number of hydrogen-bond donors (Lipinski definition) is 1. The van der Waals surface area contributed by atoms with Crippen molar-refractivity contribution in [3.8, 4) is 11.5 Å². The molecule has 0 aliphatic carbocycles. The van der Waals surface area contributed by atoms with Gasteiger partial charge in [-0.3, -0.25) is 4.79 Å². The first-order valence-corrected chi connectivity index (χ1v) is 8.60. The third-order valence-electron chi connectivity index (χ3n) is 5.03. The molecule has 0 bridgehead atoms. The monoisotopic (exact) mass is 334 g/mol. The SMILES string of the molecule is CNCC1CCN(C(=O)C(C)(C)c2ccc(OC)c(OC)c2)CC1. The molecule has 5 heteroatoms. The van der Waals surface area contributed by atoms with E-state index >= 15 is 0 Å². The van der Waals surface area contributed by atoms with Crippen LogP contribution >= 0.6 is 0 Å². The van der Waals surface area contributed by atoms with Crippen LogP contribution < -0.4 is 14.8 Å². The van der Waals surface area contributed by atoms with E-state index in [-0.39, 0.29) is 5.91 Å². The smallest absolute Gasteiger partial charge is 0.232 e. The summed E-state index contributed by atoms with van der Waals surface area (Å²) in [6.07, 6.45) is 2.13. The zero-order valence-corrected chi connectivity index (χ0v) is 15.5. The van der Waals surface area contributed by atoms with Crippen LogP contribution in [0, 0.1) is 5.92 Å². The van der Waals surface area contributed by atoms with E-state index < -0.39 is 5.41 Å². The normalized spacial score (nSPS) is 16.1. The van der Waals surface area contributed by atoms with Crippen molar-refractivity contribution in [2.45, 2.75) is 32.1 Å². The van der Waals surface area contributed by atoms with Gasteiger partial charge in [-0.1, -0.05) is 6.07 Å². The number of hydrogen-bond acceptors (Lipinski definition) is 4. The van der Waals surface area contributed by atoms with Gasteiger partial charge in [0.1, 0.15) is 0 Å². The number of nitrogens with one attached hydrogen (secondary N) is 1. The van der Waals surface area contributed by atoms with Gasteiger partial charge in [0.2, 0.25) is 5.91 Å². The van der Waals surface area contributed by atoms with Gasteiger partial charge >= 0.3 is 0 Å². The Labute approximate surface area is 145 Å². The van der Waals surface area contributed by atoms with Gasteiger partial charge in [-0.15, -0.1) is 0 Å². The second-order valence-electron chi connectivity index (χ2n) is 6.99. The Morgan fingerprint density at radius 3 is 2.38 bits per heavy atom. The maximum atomic E-state index is 13.1. The van der Waals surface area contributed by atoms with E-state index in [1.54, 1.807) is 14.2 Å². The van der Waals surface area contributed by atoms with Crippen molar-refractivity contribution in [1.82, 2.24) is 10.2 Å². The van der Waals surface area contributed by atoms with Crippen molar-refractivity contribution in [3.05, 3.63) is 23.8 Å². The Bertz CT molecular complexity index is 564. The molecule has 0 atom stereocenters. The van der Waals surface area contributed by atoms with Gasteiger partial charge < -0.3 is 19.7 Å². The first kappa shape index (κ1) is 18.6. The van der Waals surface area contributed by atoms with E-state index in [0.29, 0.717) is 17.4 Å². The van der Waals surface area contributed by atoms with Crippen LogP contribution in [0.4, 0.5) is 0 Å². The summed E-state index contributed by atoms with van der Waals surface area (Å²) in [5.74, 6) is 2.18. The van der Waals surface area contributed by atoms with Gasteiger partial charge in [-0.2, -0.15) is 0 Å². The molecule has 0 spiro atoms. The van der Waals surface area contributed by atoms with Crippen LogP contribution in [0.2, 0.25) is 0 Å². The molecule has 1 aliphatic rings. The van der Waals surface area contributed by atoms with Crippen molar-refractivity contribution in [2.75, 3.05) is 40.9 Å². The molecule has 0 saturated carbocycles. The van der Waals surface area contributed by atoms with E-state index in [2.05, 4.69) is 5.32 Å². The van der Waals surface area contributed by atoms with Crippen LogP contribution in [0.3, 0.4) is 0 Å². The number of rotatable bonds is 6. The Morgan fingerprint density at radius 2 is 1.83 bits per heavy atom. The van der Waals surface area contributed by atoms with Gasteiger partial charge in [0, 0.05) is 13.1 Å². The third kappa shape index (κ3) is 3.83. The highest BCUT2D eigenvalue weighted by Gasteiger charge is 2.35. The summed E-state index contributed by atoms with van der Waals surface area (Å²) >= 11 is 0. The van der Waals surface area contributed by atoms with Crippen LogP contribution in [0.25, 0.3) is 0 Å². The van der Waals surface area contributed by atoms with Crippen LogP contribution in [-0.4, -0.2) is 51.7 Å². The summed E-state index contributed by atoms with van der Waals surface area (Å²) in [7, 11) is 5.21. The van der Waals surface area contributed by atoms with E-state index in [4.69, 9.17) is 9.47 Å². The number of ether oxygens (including phenoxy) is 2. The molecule has 0 unspecified atom stereocenters. The van der Waals surface area contributed by atoms with Crippen LogP contribution in [0.1, 0.15) is 32.3 Å². The highest BCUT2D eigenvalue weighted by atomic mass is 16.5. The molecule has 1 aliphatic heterocycles. The lowest BCUT2D eigenvalue weighted by molar-refractivity contribution is -0.137. The Kier molecular flexibility index (Phi) is 6.10. The molecule has 0 aromatic heterocycles. The molecule has 2 rings (SSSR count). The van der Waals surface area contributed by atoms with Crippen molar-refractivity contribution in [3.63, 3.8) is 0 Å². The molecular formula is C19H30N2O3. The number of piperidine rings is 1. The van der Waals surface area contributed by atoms with E-state index in [1.165, 1.54) is 0 Å². The Balaban J connectivity index is 2.13. The third-order valence-corrected chi connectivity index (χ3v) is 5.03. The van der Waals surface area contributed by atoms with Crippen molar-refractivity contribution in [1.29, 1.82) is 0 Å². The predicted octanol–water partition coefficient (Wildman–Crippen LogP) is 2.44. The number of methoxy groups -OCH3 is 2. The highest BCUT2D eigenvalue weighted by molar-refractivity contribution is 5.87. The average Bonchev–Trinajstić information content (AvgIpc) is 2.61. The number of amides is 1. The molecule has 1 N–H and O–H groups in total.